The zero-order valence-corrected chi connectivity index (χ0v) is 18.9. The van der Waals surface area contributed by atoms with Crippen molar-refractivity contribution in [2.45, 2.75) is 75.8 Å². The van der Waals surface area contributed by atoms with Gasteiger partial charge in [-0.2, -0.15) is 0 Å². The molecule has 5 atom stereocenters. The molecule has 7 rings (SSSR count). The minimum atomic E-state index is -4.41. The Morgan fingerprint density at radius 2 is 1.67 bits per heavy atom. The molecule has 0 aromatic carbocycles. The normalized spacial score (nSPS) is 46.5. The predicted molar refractivity (Wildman–Crippen MR) is 106 cm³/mol. The molecular formula is C22H27O10S-. The number of fused-ring (bicyclic) bond motifs is 1. The first kappa shape index (κ1) is 21.8. The van der Waals surface area contributed by atoms with E-state index in [1.165, 1.54) is 19.3 Å². The van der Waals surface area contributed by atoms with Crippen molar-refractivity contribution in [1.29, 1.82) is 0 Å². The third kappa shape index (κ3) is 3.25. The lowest BCUT2D eigenvalue weighted by Gasteiger charge is -2.55. The summed E-state index contributed by atoms with van der Waals surface area (Å²) in [5, 5.41) is 0. The second-order valence-corrected chi connectivity index (χ2v) is 12.5. The van der Waals surface area contributed by atoms with E-state index in [1.54, 1.807) is 0 Å². The molecule has 0 N–H and O–H groups in total. The summed E-state index contributed by atoms with van der Waals surface area (Å²) < 4.78 is 54.6. The zero-order chi connectivity index (χ0) is 23.2. The third-order valence-corrected chi connectivity index (χ3v) is 9.57. The Labute approximate surface area is 191 Å². The van der Waals surface area contributed by atoms with Gasteiger partial charge in [0.15, 0.2) is 17.6 Å². The summed E-state index contributed by atoms with van der Waals surface area (Å²) in [6, 6.07) is 0. The monoisotopic (exact) mass is 483 g/mol. The van der Waals surface area contributed by atoms with Crippen LogP contribution in [-0.2, 0) is 43.4 Å². The van der Waals surface area contributed by atoms with E-state index in [2.05, 4.69) is 0 Å². The average molecular weight is 484 g/mol. The van der Waals surface area contributed by atoms with Crippen molar-refractivity contribution in [3.8, 4) is 0 Å². The maximum atomic E-state index is 13.4. The van der Waals surface area contributed by atoms with Crippen molar-refractivity contribution in [3.05, 3.63) is 0 Å². The van der Waals surface area contributed by atoms with Crippen LogP contribution in [0.4, 0.5) is 0 Å². The number of carbonyl (C=O) groups is 3. The van der Waals surface area contributed by atoms with Gasteiger partial charge in [0.25, 0.3) is 0 Å². The lowest BCUT2D eigenvalue weighted by molar-refractivity contribution is -0.184. The Hall–Kier alpha value is -1.72. The molecule has 0 radical (unpaired) electrons. The van der Waals surface area contributed by atoms with E-state index in [4.69, 9.17) is 18.9 Å². The second-order valence-electron chi connectivity index (χ2n) is 11.0. The van der Waals surface area contributed by atoms with Crippen molar-refractivity contribution in [1.82, 2.24) is 0 Å². The van der Waals surface area contributed by atoms with Crippen molar-refractivity contribution in [2.75, 3.05) is 12.4 Å². The SMILES string of the molecule is O=C(OC1C2CC3(C(=O)OCCCS(=O)(=O)[O-])C(=O)OC1C3O2)C12CC3CC(CC(C3)C1)C2. The molecule has 33 heavy (non-hydrogen) atoms. The van der Waals surface area contributed by atoms with Crippen LogP contribution >= 0.6 is 0 Å². The summed E-state index contributed by atoms with van der Waals surface area (Å²) in [5.41, 5.74) is -2.08. The third-order valence-electron chi connectivity index (χ3n) is 8.78. The van der Waals surface area contributed by atoms with Crippen LogP contribution in [0.25, 0.3) is 0 Å². The van der Waals surface area contributed by atoms with E-state index in [1.807, 2.05) is 0 Å². The fourth-order valence-corrected chi connectivity index (χ4v) is 8.31. The highest BCUT2D eigenvalue weighted by Gasteiger charge is 2.77. The molecule has 10 nitrogen and oxygen atoms in total. The first-order valence-corrected chi connectivity index (χ1v) is 13.4. The van der Waals surface area contributed by atoms with Gasteiger partial charge in [-0.25, -0.2) is 8.42 Å². The Bertz CT molecular complexity index is 969. The van der Waals surface area contributed by atoms with Crippen LogP contribution in [0.2, 0.25) is 0 Å². The molecule has 3 aliphatic heterocycles. The number of hydrogen-bond acceptors (Lipinski definition) is 10. The van der Waals surface area contributed by atoms with E-state index in [-0.39, 0.29) is 25.4 Å². The summed E-state index contributed by atoms with van der Waals surface area (Å²) in [4.78, 5) is 38.9. The van der Waals surface area contributed by atoms with E-state index >= 15 is 0 Å². The number of ether oxygens (including phenoxy) is 4. The smallest absolute Gasteiger partial charge is 0.326 e. The Kier molecular flexibility index (Phi) is 4.72. The van der Waals surface area contributed by atoms with Crippen LogP contribution in [0.1, 0.15) is 51.4 Å². The fraction of sp³-hybridized carbons (Fsp3) is 0.864. The molecule has 4 aliphatic carbocycles. The van der Waals surface area contributed by atoms with E-state index < -0.39 is 63.1 Å². The van der Waals surface area contributed by atoms with Crippen molar-refractivity contribution in [3.63, 3.8) is 0 Å². The maximum Gasteiger partial charge on any atom is 0.326 e. The second kappa shape index (κ2) is 7.14. The average Bonchev–Trinajstić information content (AvgIpc) is 3.32. The first-order valence-electron chi connectivity index (χ1n) is 11.8. The molecule has 7 aliphatic rings. The summed E-state index contributed by atoms with van der Waals surface area (Å²) in [6.45, 7) is -0.304. The van der Waals surface area contributed by atoms with E-state index in [9.17, 15) is 27.4 Å². The zero-order valence-electron chi connectivity index (χ0n) is 18.1. The first-order chi connectivity index (χ1) is 15.6. The molecule has 0 aromatic heterocycles. The van der Waals surface area contributed by atoms with Crippen LogP contribution < -0.4 is 0 Å². The summed E-state index contributed by atoms with van der Waals surface area (Å²) in [6.07, 6.45) is 2.88. The summed E-state index contributed by atoms with van der Waals surface area (Å²) in [7, 11) is -4.41. The molecule has 0 spiro atoms. The molecular weight excluding hydrogens is 456 g/mol. The number of carbonyl (C=O) groups excluding carboxylic acids is 3. The van der Waals surface area contributed by atoms with Crippen LogP contribution in [0.5, 0.6) is 0 Å². The molecule has 3 saturated heterocycles. The molecule has 0 aromatic rings. The number of esters is 3. The van der Waals surface area contributed by atoms with Gasteiger partial charge in [0.1, 0.15) is 12.2 Å². The lowest BCUT2D eigenvalue weighted by atomic mass is 9.49. The Morgan fingerprint density at radius 3 is 2.27 bits per heavy atom. The number of hydrogen-bond donors (Lipinski definition) is 0. The molecule has 182 valence electrons. The highest BCUT2D eigenvalue weighted by molar-refractivity contribution is 7.85. The molecule has 11 heteroatoms. The number of rotatable bonds is 7. The summed E-state index contributed by atoms with van der Waals surface area (Å²) >= 11 is 0. The molecule has 6 bridgehead atoms. The van der Waals surface area contributed by atoms with E-state index in [0.29, 0.717) is 17.8 Å². The fourth-order valence-electron chi connectivity index (χ4n) is 7.84. The molecule has 5 unspecified atom stereocenters. The van der Waals surface area contributed by atoms with Gasteiger partial charge in [-0.15, -0.1) is 0 Å². The van der Waals surface area contributed by atoms with Crippen molar-refractivity contribution < 1.29 is 46.3 Å². The van der Waals surface area contributed by atoms with Crippen molar-refractivity contribution >= 4 is 28.0 Å². The molecule has 3 heterocycles. The summed E-state index contributed by atoms with van der Waals surface area (Å²) in [5.74, 6) is -0.745. The van der Waals surface area contributed by atoms with Crippen LogP contribution in [0.15, 0.2) is 0 Å². The van der Waals surface area contributed by atoms with Crippen LogP contribution in [0.3, 0.4) is 0 Å². The van der Waals surface area contributed by atoms with Gasteiger partial charge in [-0.3, -0.25) is 14.4 Å². The quantitative estimate of drug-likeness (QED) is 0.166. The highest BCUT2D eigenvalue weighted by atomic mass is 32.2. The van der Waals surface area contributed by atoms with Crippen LogP contribution in [-0.4, -0.2) is 67.7 Å². The van der Waals surface area contributed by atoms with Gasteiger partial charge < -0.3 is 23.5 Å². The van der Waals surface area contributed by atoms with Crippen molar-refractivity contribution in [2.24, 2.45) is 28.6 Å². The standard InChI is InChI=1S/C22H28O10S/c23-18(21-7-11-4-12(8-21)6-13(5-11)9-21)31-15-14-10-22(17(30-14)16(15)32-20(22)25)19(24)29-2-1-3-33(26,27)28/h11-17H,1-10H2,(H,26,27,28)/p-1. The van der Waals surface area contributed by atoms with Gasteiger partial charge >= 0.3 is 17.9 Å². The topological polar surface area (TPSA) is 145 Å². The minimum absolute atomic E-state index is 0.00942. The largest absolute Gasteiger partial charge is 0.748 e. The molecule has 4 saturated carbocycles. The van der Waals surface area contributed by atoms with Gasteiger partial charge in [-0.05, 0) is 62.7 Å². The minimum Gasteiger partial charge on any atom is -0.748 e. The van der Waals surface area contributed by atoms with Gasteiger partial charge in [0.05, 0.1) is 22.1 Å². The highest BCUT2D eigenvalue weighted by Crippen LogP contribution is 2.61. The van der Waals surface area contributed by atoms with Gasteiger partial charge in [0, 0.05) is 12.2 Å². The van der Waals surface area contributed by atoms with Crippen LogP contribution in [0, 0.1) is 28.6 Å². The predicted octanol–water partition coefficient (Wildman–Crippen LogP) is 0.676. The lowest BCUT2D eigenvalue weighted by Crippen LogP contribution is -2.53. The Morgan fingerprint density at radius 1 is 1.03 bits per heavy atom. The molecule has 0 amide bonds. The van der Waals surface area contributed by atoms with Gasteiger partial charge in [-0.1, -0.05) is 0 Å². The Balaban J connectivity index is 1.12. The van der Waals surface area contributed by atoms with Gasteiger partial charge in [0.2, 0.25) is 0 Å². The van der Waals surface area contributed by atoms with E-state index in [0.717, 1.165) is 19.3 Å². The molecule has 7 fully saturated rings. The maximum absolute atomic E-state index is 13.4.